The number of aromatic nitrogens is 2. The van der Waals surface area contributed by atoms with E-state index in [1.54, 1.807) is 6.20 Å². The third-order valence-electron chi connectivity index (χ3n) is 5.15. The van der Waals surface area contributed by atoms with Gasteiger partial charge in [0.1, 0.15) is 12.4 Å². The van der Waals surface area contributed by atoms with Crippen molar-refractivity contribution in [3.8, 4) is 12.1 Å². The molecule has 0 amide bonds. The van der Waals surface area contributed by atoms with Gasteiger partial charge in [-0.15, -0.1) is 0 Å². The summed E-state index contributed by atoms with van der Waals surface area (Å²) in [5.41, 5.74) is 3.30. The molecule has 0 spiro atoms. The number of nitriles is 2. The Hall–Kier alpha value is -3.35. The molecule has 1 N–H and O–H groups in total. The van der Waals surface area contributed by atoms with Gasteiger partial charge in [0, 0.05) is 46.1 Å². The van der Waals surface area contributed by atoms with Gasteiger partial charge < -0.3 is 10.2 Å². The van der Waals surface area contributed by atoms with Crippen molar-refractivity contribution < 1.29 is 0 Å². The highest BCUT2D eigenvalue weighted by molar-refractivity contribution is 6.33. The van der Waals surface area contributed by atoms with Crippen molar-refractivity contribution >= 4 is 35.0 Å². The number of halogens is 1. The quantitative estimate of drug-likeness (QED) is 0.432. The Morgan fingerprint density at radius 1 is 1.12 bits per heavy atom. The molecule has 3 rings (SSSR count). The van der Waals surface area contributed by atoms with Gasteiger partial charge in [-0.2, -0.15) is 15.5 Å². The van der Waals surface area contributed by atoms with E-state index in [-0.39, 0.29) is 6.54 Å². The Bertz CT molecular complexity index is 1060. The molecule has 0 saturated carbocycles. The van der Waals surface area contributed by atoms with E-state index in [0.29, 0.717) is 34.9 Å². The van der Waals surface area contributed by atoms with Crippen molar-refractivity contribution in [1.82, 2.24) is 9.97 Å². The van der Waals surface area contributed by atoms with Crippen molar-refractivity contribution in [2.75, 3.05) is 16.8 Å². The van der Waals surface area contributed by atoms with Crippen LogP contribution in [0.15, 0.2) is 42.7 Å². The fraction of sp³-hybridized carbons (Fsp3) is 0.385. The number of allylic oxidation sites excluding steroid dienone is 1. The van der Waals surface area contributed by atoms with Gasteiger partial charge in [0.15, 0.2) is 0 Å². The van der Waals surface area contributed by atoms with E-state index in [4.69, 9.17) is 21.8 Å². The van der Waals surface area contributed by atoms with Gasteiger partial charge in [0.2, 0.25) is 5.95 Å². The van der Waals surface area contributed by atoms with Crippen LogP contribution in [0, 0.1) is 22.7 Å². The maximum absolute atomic E-state index is 9.39. The highest BCUT2D eigenvalue weighted by atomic mass is 35.5. The molecule has 2 heterocycles. The summed E-state index contributed by atoms with van der Waals surface area (Å²) in [6, 6.07) is 12.1. The first kappa shape index (κ1) is 25.9. The average Bonchev–Trinajstić information content (AvgIpc) is 2.82. The lowest BCUT2D eigenvalue weighted by Crippen LogP contribution is -2.28. The largest absolute Gasteiger partial charge is 0.351 e. The molecule has 0 bridgehead atoms. The number of fused-ring (bicyclic) bond motifs is 1. The number of nitrogens with one attached hydrogen (secondary N) is 1. The first-order chi connectivity index (χ1) is 16.0. The molecule has 0 fully saturated rings. The smallest absolute Gasteiger partial charge is 0.224 e. The van der Waals surface area contributed by atoms with Crippen LogP contribution >= 0.6 is 11.6 Å². The second-order valence-corrected chi connectivity index (χ2v) is 8.04. The van der Waals surface area contributed by atoms with Gasteiger partial charge in [-0.05, 0) is 25.0 Å². The van der Waals surface area contributed by atoms with E-state index in [2.05, 4.69) is 36.8 Å². The van der Waals surface area contributed by atoms with E-state index < -0.39 is 0 Å². The van der Waals surface area contributed by atoms with Gasteiger partial charge in [-0.25, -0.2) is 4.98 Å². The minimum absolute atomic E-state index is 0.150. The molecule has 1 aliphatic rings. The molecule has 6 nitrogen and oxygen atoms in total. The van der Waals surface area contributed by atoms with Crippen LogP contribution in [0.25, 0.3) is 11.6 Å². The normalized spacial score (nSPS) is 12.2. The van der Waals surface area contributed by atoms with E-state index in [0.717, 1.165) is 42.4 Å². The van der Waals surface area contributed by atoms with Crippen molar-refractivity contribution in [3.63, 3.8) is 0 Å². The fourth-order valence-corrected chi connectivity index (χ4v) is 3.84. The third-order valence-corrected chi connectivity index (χ3v) is 5.48. The van der Waals surface area contributed by atoms with Crippen molar-refractivity contribution in [1.29, 1.82) is 10.5 Å². The fourth-order valence-electron chi connectivity index (χ4n) is 3.60. The van der Waals surface area contributed by atoms with Crippen molar-refractivity contribution in [2.24, 2.45) is 0 Å². The molecule has 0 atom stereocenters. The highest BCUT2D eigenvalue weighted by Crippen LogP contribution is 2.39. The van der Waals surface area contributed by atoms with Crippen LogP contribution in [0.3, 0.4) is 0 Å². The van der Waals surface area contributed by atoms with Crippen molar-refractivity contribution in [2.45, 2.75) is 58.9 Å². The lowest BCUT2D eigenvalue weighted by molar-refractivity contribution is 0.582. The highest BCUT2D eigenvalue weighted by Gasteiger charge is 2.26. The molecule has 0 aliphatic carbocycles. The number of hydrogen-bond acceptors (Lipinski definition) is 6. The summed E-state index contributed by atoms with van der Waals surface area (Å²) in [6.07, 6.45) is 8.76. The number of hydrogen-bond donors (Lipinski definition) is 1. The number of nitrogens with zero attached hydrogens (tertiary/aromatic N) is 5. The SMILES string of the molecule is C=C1C(c2ccccc2Cl)=Cc2cnc(NC(CCC)CCC)nc2N1CC#N.CCC#N. The molecule has 2 aromatic rings. The Balaban J connectivity index is 0.000000890. The molecule has 1 aromatic heterocycles. The summed E-state index contributed by atoms with van der Waals surface area (Å²) in [5.74, 6) is 1.28. The van der Waals surface area contributed by atoms with Crippen LogP contribution in [-0.4, -0.2) is 22.6 Å². The molecule has 33 heavy (non-hydrogen) atoms. The second kappa shape index (κ2) is 13.3. The summed E-state index contributed by atoms with van der Waals surface area (Å²) >= 11 is 6.41. The van der Waals surface area contributed by atoms with Crippen LogP contribution in [0.4, 0.5) is 11.8 Å². The Kier molecular flexibility index (Phi) is 10.4. The summed E-state index contributed by atoms with van der Waals surface area (Å²) in [4.78, 5) is 11.1. The number of benzene rings is 1. The maximum Gasteiger partial charge on any atom is 0.224 e. The lowest BCUT2D eigenvalue weighted by Gasteiger charge is -2.31. The molecule has 172 valence electrons. The molecule has 1 aromatic carbocycles. The summed E-state index contributed by atoms with van der Waals surface area (Å²) in [5, 5.41) is 21.1. The van der Waals surface area contributed by atoms with Crippen LogP contribution in [-0.2, 0) is 0 Å². The van der Waals surface area contributed by atoms with E-state index in [1.807, 2.05) is 48.2 Å². The summed E-state index contributed by atoms with van der Waals surface area (Å²) in [6.45, 7) is 10.6. The molecule has 1 aliphatic heterocycles. The minimum Gasteiger partial charge on any atom is -0.351 e. The average molecular weight is 463 g/mol. The topological polar surface area (TPSA) is 88.6 Å². The molecule has 0 saturated heterocycles. The minimum atomic E-state index is 0.150. The maximum atomic E-state index is 9.39. The monoisotopic (exact) mass is 462 g/mol. The predicted molar refractivity (Wildman–Crippen MR) is 137 cm³/mol. The molecule has 0 unspecified atom stereocenters. The lowest BCUT2D eigenvalue weighted by atomic mass is 9.96. The second-order valence-electron chi connectivity index (χ2n) is 7.63. The van der Waals surface area contributed by atoms with Gasteiger partial charge >= 0.3 is 0 Å². The zero-order valence-corrected chi connectivity index (χ0v) is 20.4. The Morgan fingerprint density at radius 3 is 2.36 bits per heavy atom. The molecule has 0 radical (unpaired) electrons. The third kappa shape index (κ3) is 6.81. The van der Waals surface area contributed by atoms with Gasteiger partial charge in [0.05, 0.1) is 12.1 Å². The van der Waals surface area contributed by atoms with E-state index in [9.17, 15) is 5.26 Å². The van der Waals surface area contributed by atoms with E-state index >= 15 is 0 Å². The number of rotatable bonds is 8. The summed E-state index contributed by atoms with van der Waals surface area (Å²) < 4.78 is 0. The van der Waals surface area contributed by atoms with Crippen LogP contribution in [0.5, 0.6) is 0 Å². The van der Waals surface area contributed by atoms with Gasteiger partial charge in [-0.3, -0.25) is 0 Å². The zero-order chi connectivity index (χ0) is 24.2. The van der Waals surface area contributed by atoms with Crippen molar-refractivity contribution in [3.05, 3.63) is 58.9 Å². The Labute approximate surface area is 202 Å². The van der Waals surface area contributed by atoms with E-state index in [1.165, 1.54) is 0 Å². The van der Waals surface area contributed by atoms with Gasteiger partial charge in [-0.1, -0.05) is 70.0 Å². The van der Waals surface area contributed by atoms with Crippen LogP contribution in [0.2, 0.25) is 5.02 Å². The predicted octanol–water partition coefficient (Wildman–Crippen LogP) is 6.83. The zero-order valence-electron chi connectivity index (χ0n) is 19.6. The summed E-state index contributed by atoms with van der Waals surface area (Å²) in [7, 11) is 0. The standard InChI is InChI=1S/C23H26ClN5.C3H5N/c1-4-8-18(9-5-2)27-23-26-15-17-14-20(19-10-6-7-11-21(19)24)16(3)29(13-12-25)22(17)28-23;1-2-3-4/h6-7,10-11,14-15,18H,3-5,8-9,13H2,1-2H3,(H,26,27,28);2H2,1H3. The first-order valence-electron chi connectivity index (χ1n) is 11.3. The Morgan fingerprint density at radius 2 is 1.79 bits per heavy atom. The first-order valence-corrected chi connectivity index (χ1v) is 11.7. The molecular weight excluding hydrogens is 432 g/mol. The molecule has 7 heteroatoms. The van der Waals surface area contributed by atoms with Crippen LogP contribution in [0.1, 0.15) is 64.0 Å². The van der Waals surface area contributed by atoms with Gasteiger partial charge in [0.25, 0.3) is 0 Å². The molecular formula is C26H31ClN6. The number of anilines is 2. The van der Waals surface area contributed by atoms with Crippen LogP contribution < -0.4 is 10.2 Å².